The number of hydrogen-bond acceptors (Lipinski definition) is 4. The van der Waals surface area contributed by atoms with Gasteiger partial charge >= 0.3 is 0 Å². The number of nitrogens with zero attached hydrogens (tertiary/aromatic N) is 1. The molecule has 0 radical (unpaired) electrons. The Morgan fingerprint density at radius 3 is 2.39 bits per heavy atom. The summed E-state index contributed by atoms with van der Waals surface area (Å²) in [4.78, 5) is 17.2. The summed E-state index contributed by atoms with van der Waals surface area (Å²) in [6, 6.07) is 24.5. The SMILES string of the molecule is Cc1ccc(-c2nc3cc(NC(=O)c4ccc(-c5ccc(Br)cc5)o4)ccc3o2)cc1. The smallest absolute Gasteiger partial charge is 0.291 e. The molecule has 0 fully saturated rings. The number of fused-ring (bicyclic) bond motifs is 1. The first-order chi connectivity index (χ1) is 15.0. The molecule has 1 amide bonds. The van der Waals surface area contributed by atoms with Gasteiger partial charge in [0, 0.05) is 21.3 Å². The third kappa shape index (κ3) is 4.02. The highest BCUT2D eigenvalue weighted by molar-refractivity contribution is 9.10. The van der Waals surface area contributed by atoms with E-state index in [1.54, 1.807) is 30.3 Å². The van der Waals surface area contributed by atoms with Crippen LogP contribution in [0.3, 0.4) is 0 Å². The number of hydrogen-bond donors (Lipinski definition) is 1. The number of carbonyl (C=O) groups excluding carboxylic acids is 1. The summed E-state index contributed by atoms with van der Waals surface area (Å²) >= 11 is 3.41. The van der Waals surface area contributed by atoms with E-state index < -0.39 is 0 Å². The third-order valence-electron chi connectivity index (χ3n) is 4.90. The molecule has 152 valence electrons. The van der Waals surface area contributed by atoms with Crippen molar-refractivity contribution in [2.24, 2.45) is 0 Å². The molecular weight excluding hydrogens is 456 g/mol. The molecule has 6 heteroatoms. The average Bonchev–Trinajstić information content (AvgIpc) is 3.42. The van der Waals surface area contributed by atoms with Crippen LogP contribution in [0, 0.1) is 6.92 Å². The van der Waals surface area contributed by atoms with Gasteiger partial charge in [0.15, 0.2) is 11.3 Å². The van der Waals surface area contributed by atoms with Crippen LogP contribution in [-0.4, -0.2) is 10.9 Å². The van der Waals surface area contributed by atoms with Crippen molar-refractivity contribution in [1.29, 1.82) is 0 Å². The van der Waals surface area contributed by atoms with Gasteiger partial charge in [0.05, 0.1) is 0 Å². The molecule has 0 atom stereocenters. The van der Waals surface area contributed by atoms with Crippen molar-refractivity contribution in [2.75, 3.05) is 5.32 Å². The van der Waals surface area contributed by atoms with Crippen LogP contribution in [0.1, 0.15) is 16.1 Å². The molecule has 5 nitrogen and oxygen atoms in total. The minimum absolute atomic E-state index is 0.235. The first-order valence-corrected chi connectivity index (χ1v) is 10.5. The summed E-state index contributed by atoms with van der Waals surface area (Å²) < 4.78 is 12.6. The molecule has 0 aliphatic heterocycles. The average molecular weight is 473 g/mol. The summed E-state index contributed by atoms with van der Waals surface area (Å²) in [5.74, 6) is 1.08. The van der Waals surface area contributed by atoms with E-state index >= 15 is 0 Å². The molecule has 2 aromatic heterocycles. The van der Waals surface area contributed by atoms with Crippen LogP contribution < -0.4 is 5.32 Å². The molecule has 3 aromatic carbocycles. The highest BCUT2D eigenvalue weighted by Gasteiger charge is 2.14. The van der Waals surface area contributed by atoms with Gasteiger partial charge in [0.1, 0.15) is 11.3 Å². The fourth-order valence-electron chi connectivity index (χ4n) is 3.25. The van der Waals surface area contributed by atoms with Crippen molar-refractivity contribution in [3.8, 4) is 22.8 Å². The zero-order chi connectivity index (χ0) is 21.4. The molecule has 0 aliphatic carbocycles. The van der Waals surface area contributed by atoms with Crippen LogP contribution in [0.2, 0.25) is 0 Å². The second kappa shape index (κ2) is 7.89. The number of benzene rings is 3. The molecule has 2 heterocycles. The second-order valence-corrected chi connectivity index (χ2v) is 8.11. The Kier molecular flexibility index (Phi) is 4.92. The number of furan rings is 1. The van der Waals surface area contributed by atoms with Crippen molar-refractivity contribution >= 4 is 38.6 Å². The molecule has 5 rings (SSSR count). The van der Waals surface area contributed by atoms with E-state index in [1.807, 2.05) is 55.5 Å². The number of aromatic nitrogens is 1. The lowest BCUT2D eigenvalue weighted by molar-refractivity contribution is 0.0997. The zero-order valence-electron chi connectivity index (χ0n) is 16.6. The van der Waals surface area contributed by atoms with Gasteiger partial charge in [-0.05, 0) is 61.5 Å². The van der Waals surface area contributed by atoms with Gasteiger partial charge < -0.3 is 14.2 Å². The summed E-state index contributed by atoms with van der Waals surface area (Å²) in [5.41, 5.74) is 4.92. The molecular formula is C25H17BrN2O3. The van der Waals surface area contributed by atoms with E-state index in [2.05, 4.69) is 26.2 Å². The standard InChI is InChI=1S/C25H17BrN2O3/c1-15-2-4-17(5-3-15)25-28-20-14-19(10-11-22(20)31-25)27-24(29)23-13-12-21(30-23)16-6-8-18(26)9-7-16/h2-14H,1H3,(H,27,29). The minimum Gasteiger partial charge on any atom is -0.451 e. The summed E-state index contributed by atoms with van der Waals surface area (Å²) in [6.07, 6.45) is 0. The Hall–Kier alpha value is -3.64. The molecule has 0 spiro atoms. The highest BCUT2D eigenvalue weighted by atomic mass is 79.9. The Bertz CT molecular complexity index is 1380. The van der Waals surface area contributed by atoms with E-state index in [1.165, 1.54) is 5.56 Å². The lowest BCUT2D eigenvalue weighted by Gasteiger charge is -2.03. The van der Waals surface area contributed by atoms with Crippen molar-refractivity contribution < 1.29 is 13.6 Å². The first-order valence-electron chi connectivity index (χ1n) is 9.70. The van der Waals surface area contributed by atoms with Crippen molar-refractivity contribution in [2.45, 2.75) is 6.92 Å². The van der Waals surface area contributed by atoms with E-state index in [9.17, 15) is 4.79 Å². The van der Waals surface area contributed by atoms with E-state index in [4.69, 9.17) is 8.83 Å². The lowest BCUT2D eigenvalue weighted by atomic mass is 10.1. The van der Waals surface area contributed by atoms with Crippen LogP contribution in [0.25, 0.3) is 33.9 Å². The minimum atomic E-state index is -0.329. The fraction of sp³-hybridized carbons (Fsp3) is 0.0400. The van der Waals surface area contributed by atoms with Gasteiger partial charge in [-0.2, -0.15) is 0 Å². The van der Waals surface area contributed by atoms with E-state index in [0.29, 0.717) is 28.4 Å². The summed E-state index contributed by atoms with van der Waals surface area (Å²) in [5, 5.41) is 2.86. The van der Waals surface area contributed by atoms with Crippen LogP contribution in [0.15, 0.2) is 92.2 Å². The Labute approximate surface area is 186 Å². The predicted molar refractivity (Wildman–Crippen MR) is 124 cm³/mol. The van der Waals surface area contributed by atoms with Gasteiger partial charge in [0.2, 0.25) is 5.89 Å². The highest BCUT2D eigenvalue weighted by Crippen LogP contribution is 2.28. The van der Waals surface area contributed by atoms with Crippen LogP contribution in [-0.2, 0) is 0 Å². The molecule has 0 saturated carbocycles. The monoisotopic (exact) mass is 472 g/mol. The lowest BCUT2D eigenvalue weighted by Crippen LogP contribution is -2.10. The first kappa shape index (κ1) is 19.3. The van der Waals surface area contributed by atoms with E-state index in [0.717, 1.165) is 15.6 Å². The number of rotatable bonds is 4. The fourth-order valence-corrected chi connectivity index (χ4v) is 3.51. The molecule has 1 N–H and O–H groups in total. The Morgan fingerprint density at radius 1 is 0.871 bits per heavy atom. The molecule has 0 saturated heterocycles. The van der Waals surface area contributed by atoms with Crippen molar-refractivity contribution in [3.05, 3.63) is 94.7 Å². The number of halogens is 1. The number of oxazole rings is 1. The van der Waals surface area contributed by atoms with Crippen LogP contribution >= 0.6 is 15.9 Å². The van der Waals surface area contributed by atoms with Gasteiger partial charge in [0.25, 0.3) is 5.91 Å². The molecule has 31 heavy (non-hydrogen) atoms. The van der Waals surface area contributed by atoms with Gasteiger partial charge in [-0.1, -0.05) is 45.8 Å². The normalized spacial score (nSPS) is 11.0. The molecule has 0 bridgehead atoms. The van der Waals surface area contributed by atoms with Crippen molar-refractivity contribution in [1.82, 2.24) is 4.98 Å². The number of anilines is 1. The number of nitrogens with one attached hydrogen (secondary N) is 1. The second-order valence-electron chi connectivity index (χ2n) is 7.19. The zero-order valence-corrected chi connectivity index (χ0v) is 18.1. The molecule has 0 aliphatic rings. The molecule has 5 aromatic rings. The largest absolute Gasteiger partial charge is 0.451 e. The summed E-state index contributed by atoms with van der Waals surface area (Å²) in [7, 11) is 0. The molecule has 0 unspecified atom stereocenters. The van der Waals surface area contributed by atoms with Crippen molar-refractivity contribution in [3.63, 3.8) is 0 Å². The topological polar surface area (TPSA) is 68.3 Å². The van der Waals surface area contributed by atoms with Gasteiger partial charge in [-0.25, -0.2) is 4.98 Å². The quantitative estimate of drug-likeness (QED) is 0.303. The maximum atomic E-state index is 12.7. The maximum Gasteiger partial charge on any atom is 0.291 e. The maximum absolute atomic E-state index is 12.7. The Balaban J connectivity index is 1.36. The number of aryl methyl sites for hydroxylation is 1. The summed E-state index contributed by atoms with van der Waals surface area (Å²) in [6.45, 7) is 2.03. The Morgan fingerprint density at radius 2 is 1.61 bits per heavy atom. The van der Waals surface area contributed by atoms with Crippen LogP contribution in [0.5, 0.6) is 0 Å². The predicted octanol–water partition coefficient (Wildman–Crippen LogP) is 7.08. The third-order valence-corrected chi connectivity index (χ3v) is 5.43. The van der Waals surface area contributed by atoms with E-state index in [-0.39, 0.29) is 11.7 Å². The van der Waals surface area contributed by atoms with Gasteiger partial charge in [-0.3, -0.25) is 4.79 Å². The number of amides is 1. The van der Waals surface area contributed by atoms with Gasteiger partial charge in [-0.15, -0.1) is 0 Å². The number of carbonyl (C=O) groups is 1. The van der Waals surface area contributed by atoms with Crippen LogP contribution in [0.4, 0.5) is 5.69 Å².